The van der Waals surface area contributed by atoms with Gasteiger partial charge in [-0.3, -0.25) is 9.69 Å². The Kier molecular flexibility index (Phi) is 5.73. The number of ether oxygens (including phenoxy) is 1. The minimum Gasteiger partial charge on any atom is -0.381 e. The summed E-state index contributed by atoms with van der Waals surface area (Å²) in [5, 5.41) is 4.84. The van der Waals surface area contributed by atoms with Gasteiger partial charge in [-0.2, -0.15) is 5.10 Å². The van der Waals surface area contributed by atoms with Crippen LogP contribution >= 0.6 is 0 Å². The first-order valence-corrected chi connectivity index (χ1v) is 11.6. The number of fused-ring (bicyclic) bond motifs is 1. The average molecular weight is 437 g/mol. The second-order valence-electron chi connectivity index (χ2n) is 9.31. The fourth-order valence-electron chi connectivity index (χ4n) is 4.82. The van der Waals surface area contributed by atoms with Crippen molar-refractivity contribution in [2.45, 2.75) is 44.1 Å². The first-order valence-electron chi connectivity index (χ1n) is 11.6. The third-order valence-electron chi connectivity index (χ3n) is 7.00. The van der Waals surface area contributed by atoms with Gasteiger partial charge in [-0.25, -0.2) is 9.50 Å². The van der Waals surface area contributed by atoms with Gasteiger partial charge in [-0.05, 0) is 43.9 Å². The summed E-state index contributed by atoms with van der Waals surface area (Å²) in [6.45, 7) is 5.56. The molecule has 4 heterocycles. The monoisotopic (exact) mass is 436 g/mol. The van der Waals surface area contributed by atoms with E-state index < -0.39 is 0 Å². The number of imidazole rings is 1. The highest BCUT2D eigenvalue weighted by Crippen LogP contribution is 2.34. The number of nitrogens with one attached hydrogen (secondary N) is 1. The summed E-state index contributed by atoms with van der Waals surface area (Å²) in [6, 6.07) is 8.84. The number of aromatic amines is 1. The summed E-state index contributed by atoms with van der Waals surface area (Å²) in [5.41, 5.74) is 2.97. The highest BCUT2D eigenvalue weighted by atomic mass is 16.5. The summed E-state index contributed by atoms with van der Waals surface area (Å²) in [7, 11) is 4.11. The molecule has 0 amide bonds. The minimum absolute atomic E-state index is 0.0390. The van der Waals surface area contributed by atoms with Gasteiger partial charge in [0.05, 0.1) is 12.2 Å². The smallest absolute Gasteiger partial charge is 0.277 e. The molecule has 0 aliphatic carbocycles. The Morgan fingerprint density at radius 3 is 2.66 bits per heavy atom. The second-order valence-corrected chi connectivity index (χ2v) is 9.31. The molecule has 3 aromatic rings. The van der Waals surface area contributed by atoms with Gasteiger partial charge in [0, 0.05) is 57.9 Å². The lowest BCUT2D eigenvalue weighted by atomic mass is 9.90. The van der Waals surface area contributed by atoms with E-state index in [0.29, 0.717) is 17.3 Å². The van der Waals surface area contributed by atoms with Gasteiger partial charge >= 0.3 is 0 Å². The Bertz CT molecular complexity index is 1120. The number of rotatable bonds is 5. The number of nitrogens with zero attached hydrogens (tertiary/aromatic N) is 5. The normalized spacial score (nSPS) is 21.3. The van der Waals surface area contributed by atoms with E-state index in [0.717, 1.165) is 51.4 Å². The zero-order chi connectivity index (χ0) is 22.2. The van der Waals surface area contributed by atoms with E-state index in [2.05, 4.69) is 65.1 Å². The number of aromatic nitrogens is 4. The first-order chi connectivity index (χ1) is 15.5. The molecule has 0 saturated carbocycles. The van der Waals surface area contributed by atoms with Crippen LogP contribution < -0.4 is 10.5 Å². The topological polar surface area (TPSA) is 78.8 Å². The molecule has 0 spiro atoms. The third-order valence-corrected chi connectivity index (χ3v) is 7.00. The summed E-state index contributed by atoms with van der Waals surface area (Å²) in [5.74, 6) is 2.37. The molecule has 0 bridgehead atoms. The van der Waals surface area contributed by atoms with Crippen LogP contribution in [0.5, 0.6) is 0 Å². The number of hydrogen-bond donors (Lipinski definition) is 1. The zero-order valence-electron chi connectivity index (χ0n) is 19.1. The molecule has 8 heteroatoms. The highest BCUT2D eigenvalue weighted by molar-refractivity contribution is 5.47. The number of hydrogen-bond acceptors (Lipinski definition) is 6. The van der Waals surface area contributed by atoms with Crippen molar-refractivity contribution in [3.8, 4) is 0 Å². The number of anilines is 1. The summed E-state index contributed by atoms with van der Waals surface area (Å²) < 4.78 is 7.38. The molecule has 2 fully saturated rings. The van der Waals surface area contributed by atoms with E-state index in [9.17, 15) is 4.79 Å². The predicted octanol–water partition coefficient (Wildman–Crippen LogP) is 2.93. The molecular formula is C24H32N6O2. The fraction of sp³-hybridized carbons (Fsp3) is 0.542. The lowest BCUT2D eigenvalue weighted by molar-refractivity contribution is 0.0949. The summed E-state index contributed by atoms with van der Waals surface area (Å²) in [6.07, 6.45) is 4.59. The summed E-state index contributed by atoms with van der Waals surface area (Å²) in [4.78, 5) is 24.8. The van der Waals surface area contributed by atoms with Crippen LogP contribution in [0.2, 0.25) is 0 Å². The quantitative estimate of drug-likeness (QED) is 0.663. The zero-order valence-corrected chi connectivity index (χ0v) is 19.1. The maximum absolute atomic E-state index is 12.8. The SMILES string of the molecule is CC(c1nn2c(C3CCCOCC3)ncc2c(=O)[nH]1)N1CC(c2ccc(N(C)C)cc2)C1. The molecule has 8 nitrogen and oxygen atoms in total. The number of likely N-dealkylation sites (tertiary alicyclic amines) is 1. The van der Waals surface area contributed by atoms with Gasteiger partial charge in [-0.15, -0.1) is 0 Å². The molecule has 32 heavy (non-hydrogen) atoms. The maximum atomic E-state index is 12.8. The van der Waals surface area contributed by atoms with Gasteiger partial charge in [0.1, 0.15) is 11.6 Å². The lowest BCUT2D eigenvalue weighted by Crippen LogP contribution is -2.46. The van der Waals surface area contributed by atoms with E-state index >= 15 is 0 Å². The van der Waals surface area contributed by atoms with Gasteiger partial charge in [-0.1, -0.05) is 12.1 Å². The molecule has 2 aliphatic heterocycles. The predicted molar refractivity (Wildman–Crippen MR) is 125 cm³/mol. The van der Waals surface area contributed by atoms with Crippen LogP contribution in [-0.4, -0.2) is 64.9 Å². The van der Waals surface area contributed by atoms with Gasteiger partial charge in [0.2, 0.25) is 0 Å². The van der Waals surface area contributed by atoms with Crippen molar-refractivity contribution in [2.24, 2.45) is 0 Å². The number of H-pyrrole nitrogens is 1. The third kappa shape index (κ3) is 3.93. The molecule has 2 aromatic heterocycles. The van der Waals surface area contributed by atoms with Crippen molar-refractivity contribution in [1.29, 1.82) is 0 Å². The molecule has 170 valence electrons. The van der Waals surface area contributed by atoms with Crippen molar-refractivity contribution < 1.29 is 4.74 Å². The van der Waals surface area contributed by atoms with E-state index in [4.69, 9.17) is 9.84 Å². The van der Waals surface area contributed by atoms with Crippen molar-refractivity contribution in [1.82, 2.24) is 24.5 Å². The molecule has 1 N–H and O–H groups in total. The average Bonchev–Trinajstić information content (AvgIpc) is 3.00. The van der Waals surface area contributed by atoms with Crippen LogP contribution in [0, 0.1) is 0 Å². The maximum Gasteiger partial charge on any atom is 0.277 e. The van der Waals surface area contributed by atoms with Crippen molar-refractivity contribution >= 4 is 11.2 Å². The van der Waals surface area contributed by atoms with Crippen molar-refractivity contribution in [2.75, 3.05) is 45.3 Å². The van der Waals surface area contributed by atoms with Crippen LogP contribution in [0.4, 0.5) is 5.69 Å². The van der Waals surface area contributed by atoms with Gasteiger partial charge in [0.15, 0.2) is 5.52 Å². The van der Waals surface area contributed by atoms with Crippen LogP contribution in [0.1, 0.15) is 61.3 Å². The molecule has 5 rings (SSSR count). The van der Waals surface area contributed by atoms with E-state index in [1.807, 2.05) is 0 Å². The van der Waals surface area contributed by atoms with Crippen molar-refractivity contribution in [3.05, 3.63) is 58.0 Å². The number of benzene rings is 1. The first kappa shape index (κ1) is 21.2. The molecule has 0 radical (unpaired) electrons. The Hall–Kier alpha value is -2.71. The Morgan fingerprint density at radius 1 is 1.12 bits per heavy atom. The molecule has 1 aromatic carbocycles. The Labute approximate surface area is 188 Å². The lowest BCUT2D eigenvalue weighted by Gasteiger charge is -2.43. The van der Waals surface area contributed by atoms with Crippen LogP contribution in [0.25, 0.3) is 5.52 Å². The standard InChI is InChI=1S/C24H32N6O2/c1-16(29-14-19(15-29)17-6-8-20(9-7-17)28(2)3)22-26-24(31)21-13-25-23(30(21)27-22)18-5-4-11-32-12-10-18/h6-9,13,16,18-19H,4-5,10-12,14-15H2,1-3H3,(H,26,27,31). The Morgan fingerprint density at radius 2 is 1.91 bits per heavy atom. The second kappa shape index (κ2) is 8.67. The van der Waals surface area contributed by atoms with E-state index in [1.165, 1.54) is 11.3 Å². The van der Waals surface area contributed by atoms with Crippen LogP contribution in [0.3, 0.4) is 0 Å². The molecule has 2 unspecified atom stereocenters. The van der Waals surface area contributed by atoms with Crippen molar-refractivity contribution in [3.63, 3.8) is 0 Å². The molecule has 2 saturated heterocycles. The van der Waals surface area contributed by atoms with Gasteiger partial charge < -0.3 is 14.6 Å². The van der Waals surface area contributed by atoms with E-state index in [-0.39, 0.29) is 17.5 Å². The Balaban J connectivity index is 1.33. The largest absolute Gasteiger partial charge is 0.381 e. The van der Waals surface area contributed by atoms with Crippen LogP contribution in [-0.2, 0) is 4.74 Å². The summed E-state index contributed by atoms with van der Waals surface area (Å²) >= 11 is 0. The van der Waals surface area contributed by atoms with E-state index in [1.54, 1.807) is 10.7 Å². The van der Waals surface area contributed by atoms with Crippen LogP contribution in [0.15, 0.2) is 35.3 Å². The van der Waals surface area contributed by atoms with Gasteiger partial charge in [0.25, 0.3) is 5.56 Å². The molecule has 2 aliphatic rings. The molecule has 2 atom stereocenters. The molecular weight excluding hydrogens is 404 g/mol. The fourth-order valence-corrected chi connectivity index (χ4v) is 4.82. The highest BCUT2D eigenvalue weighted by Gasteiger charge is 2.33. The minimum atomic E-state index is -0.123.